The predicted molar refractivity (Wildman–Crippen MR) is 62.5 cm³/mol. The zero-order chi connectivity index (χ0) is 10.8. The Balaban J connectivity index is 2.24. The highest BCUT2D eigenvalue weighted by Gasteiger charge is 2.02. The molecule has 1 heterocycles. The van der Waals surface area contributed by atoms with E-state index in [2.05, 4.69) is 5.10 Å². The van der Waals surface area contributed by atoms with Crippen molar-refractivity contribution in [1.29, 1.82) is 0 Å². The lowest BCUT2D eigenvalue weighted by Crippen LogP contribution is -2.00. The number of aryl methyl sites for hydroxylation is 1. The molecule has 0 aliphatic heterocycles. The monoisotopic (exact) mass is 240 g/mol. The normalized spacial score (nSPS) is 10.6. The molecule has 0 aliphatic rings. The third-order valence-electron chi connectivity index (χ3n) is 2.12. The van der Waals surface area contributed by atoms with E-state index in [4.69, 9.17) is 23.2 Å². The second-order valence-corrected chi connectivity index (χ2v) is 4.23. The van der Waals surface area contributed by atoms with Crippen LogP contribution in [0.15, 0.2) is 30.5 Å². The lowest BCUT2D eigenvalue weighted by Gasteiger charge is -2.04. The van der Waals surface area contributed by atoms with Crippen LogP contribution in [0.1, 0.15) is 11.3 Å². The van der Waals surface area contributed by atoms with Crippen LogP contribution in [0.4, 0.5) is 0 Å². The van der Waals surface area contributed by atoms with Crippen molar-refractivity contribution < 1.29 is 0 Å². The Labute approximate surface area is 98.4 Å². The van der Waals surface area contributed by atoms with Crippen LogP contribution in [0.2, 0.25) is 10.0 Å². The summed E-state index contributed by atoms with van der Waals surface area (Å²) in [5.41, 5.74) is 2.02. The highest BCUT2D eigenvalue weighted by Crippen LogP contribution is 2.21. The summed E-state index contributed by atoms with van der Waals surface area (Å²) in [6.07, 6.45) is 1.93. The van der Waals surface area contributed by atoms with E-state index in [0.717, 1.165) is 11.3 Å². The van der Waals surface area contributed by atoms with Gasteiger partial charge in [-0.2, -0.15) is 5.10 Å². The molecule has 0 spiro atoms. The largest absolute Gasteiger partial charge is 0.268 e. The summed E-state index contributed by atoms with van der Waals surface area (Å²) in [6, 6.07) is 7.46. The van der Waals surface area contributed by atoms with Crippen molar-refractivity contribution in [2.24, 2.45) is 0 Å². The molecule has 0 N–H and O–H groups in total. The van der Waals surface area contributed by atoms with E-state index in [0.29, 0.717) is 16.6 Å². The van der Waals surface area contributed by atoms with Crippen molar-refractivity contribution in [3.05, 3.63) is 51.8 Å². The van der Waals surface area contributed by atoms with Gasteiger partial charge in [0.2, 0.25) is 0 Å². The standard InChI is InChI=1S/C11H10Cl2N2/c1-8-4-5-15(14-8)7-9-2-3-10(12)6-11(9)13/h2-6H,7H2,1H3. The number of benzene rings is 1. The van der Waals surface area contributed by atoms with Crippen LogP contribution in [-0.2, 0) is 6.54 Å². The molecule has 0 amide bonds. The van der Waals surface area contributed by atoms with Crippen molar-refractivity contribution in [1.82, 2.24) is 9.78 Å². The second kappa shape index (κ2) is 4.25. The number of halogens is 2. The molecule has 0 saturated carbocycles. The van der Waals surface area contributed by atoms with Gasteiger partial charge in [-0.25, -0.2) is 0 Å². The number of hydrogen-bond donors (Lipinski definition) is 0. The Morgan fingerprint density at radius 1 is 1.27 bits per heavy atom. The summed E-state index contributed by atoms with van der Waals surface area (Å²) in [5, 5.41) is 5.62. The average molecular weight is 241 g/mol. The molecule has 2 nitrogen and oxygen atoms in total. The molecule has 4 heteroatoms. The molecule has 0 saturated heterocycles. The molecule has 0 unspecified atom stereocenters. The molecule has 15 heavy (non-hydrogen) atoms. The zero-order valence-electron chi connectivity index (χ0n) is 8.24. The van der Waals surface area contributed by atoms with Gasteiger partial charge >= 0.3 is 0 Å². The molecular weight excluding hydrogens is 231 g/mol. The summed E-state index contributed by atoms with van der Waals surface area (Å²) in [5.74, 6) is 0. The minimum atomic E-state index is 0.653. The van der Waals surface area contributed by atoms with E-state index < -0.39 is 0 Å². The van der Waals surface area contributed by atoms with E-state index in [-0.39, 0.29) is 0 Å². The molecule has 2 aromatic rings. The van der Waals surface area contributed by atoms with Crippen molar-refractivity contribution in [3.8, 4) is 0 Å². The van der Waals surface area contributed by atoms with Gasteiger partial charge in [0.15, 0.2) is 0 Å². The molecular formula is C11H10Cl2N2. The number of rotatable bonds is 2. The van der Waals surface area contributed by atoms with Crippen LogP contribution in [0, 0.1) is 6.92 Å². The van der Waals surface area contributed by atoms with Crippen molar-refractivity contribution >= 4 is 23.2 Å². The Morgan fingerprint density at radius 2 is 2.07 bits per heavy atom. The van der Waals surface area contributed by atoms with Crippen LogP contribution >= 0.6 is 23.2 Å². The van der Waals surface area contributed by atoms with Crippen molar-refractivity contribution in [3.63, 3.8) is 0 Å². The predicted octanol–water partition coefficient (Wildman–Crippen LogP) is 3.55. The van der Waals surface area contributed by atoms with Crippen LogP contribution < -0.4 is 0 Å². The van der Waals surface area contributed by atoms with Crippen LogP contribution in [0.25, 0.3) is 0 Å². The van der Waals surface area contributed by atoms with Gasteiger partial charge in [0.05, 0.1) is 12.2 Å². The zero-order valence-corrected chi connectivity index (χ0v) is 9.76. The number of aromatic nitrogens is 2. The van der Waals surface area contributed by atoms with E-state index in [1.54, 1.807) is 6.07 Å². The van der Waals surface area contributed by atoms with Gasteiger partial charge in [0.1, 0.15) is 0 Å². The SMILES string of the molecule is Cc1ccn(Cc2ccc(Cl)cc2Cl)n1. The van der Waals surface area contributed by atoms with E-state index in [1.807, 2.05) is 36.0 Å². The minimum Gasteiger partial charge on any atom is -0.268 e. The number of hydrogen-bond acceptors (Lipinski definition) is 1. The van der Waals surface area contributed by atoms with Crippen molar-refractivity contribution in [2.45, 2.75) is 13.5 Å². The minimum absolute atomic E-state index is 0.653. The Bertz CT molecular complexity index is 477. The maximum Gasteiger partial charge on any atom is 0.0674 e. The maximum absolute atomic E-state index is 6.06. The lowest BCUT2D eigenvalue weighted by molar-refractivity contribution is 0.679. The van der Waals surface area contributed by atoms with Crippen LogP contribution in [0.5, 0.6) is 0 Å². The Hall–Kier alpha value is -0.990. The van der Waals surface area contributed by atoms with E-state index in [1.165, 1.54) is 0 Å². The summed E-state index contributed by atoms with van der Waals surface area (Å²) in [6.45, 7) is 2.63. The highest BCUT2D eigenvalue weighted by molar-refractivity contribution is 6.35. The molecule has 1 aromatic heterocycles. The van der Waals surface area contributed by atoms with Gasteiger partial charge < -0.3 is 0 Å². The van der Waals surface area contributed by atoms with Gasteiger partial charge in [0, 0.05) is 16.2 Å². The average Bonchev–Trinajstić information content (AvgIpc) is 2.56. The van der Waals surface area contributed by atoms with Gasteiger partial charge in [-0.15, -0.1) is 0 Å². The summed E-state index contributed by atoms with van der Waals surface area (Å²) >= 11 is 11.9. The first kappa shape index (κ1) is 10.5. The Kier molecular flexibility index (Phi) is 2.98. The molecule has 0 atom stereocenters. The fourth-order valence-electron chi connectivity index (χ4n) is 1.38. The summed E-state index contributed by atoms with van der Waals surface area (Å²) in [4.78, 5) is 0. The maximum atomic E-state index is 6.06. The molecule has 0 fully saturated rings. The van der Waals surface area contributed by atoms with Gasteiger partial charge in [0.25, 0.3) is 0 Å². The Morgan fingerprint density at radius 3 is 2.67 bits per heavy atom. The highest BCUT2D eigenvalue weighted by atomic mass is 35.5. The number of nitrogens with zero attached hydrogens (tertiary/aromatic N) is 2. The first-order valence-electron chi connectivity index (χ1n) is 4.59. The molecule has 2 rings (SSSR count). The van der Waals surface area contributed by atoms with Gasteiger partial charge in [-0.1, -0.05) is 29.3 Å². The first-order valence-corrected chi connectivity index (χ1v) is 5.35. The third kappa shape index (κ3) is 2.52. The smallest absolute Gasteiger partial charge is 0.0674 e. The summed E-state index contributed by atoms with van der Waals surface area (Å²) < 4.78 is 1.85. The van der Waals surface area contributed by atoms with E-state index in [9.17, 15) is 0 Å². The van der Waals surface area contributed by atoms with Crippen LogP contribution in [-0.4, -0.2) is 9.78 Å². The fraction of sp³-hybridized carbons (Fsp3) is 0.182. The van der Waals surface area contributed by atoms with E-state index >= 15 is 0 Å². The molecule has 78 valence electrons. The van der Waals surface area contributed by atoms with Gasteiger partial charge in [-0.3, -0.25) is 4.68 Å². The topological polar surface area (TPSA) is 17.8 Å². The van der Waals surface area contributed by atoms with Crippen LogP contribution in [0.3, 0.4) is 0 Å². The lowest BCUT2D eigenvalue weighted by atomic mass is 10.2. The quantitative estimate of drug-likeness (QED) is 0.786. The molecule has 0 aliphatic carbocycles. The molecule has 1 aromatic carbocycles. The summed E-state index contributed by atoms with van der Waals surface area (Å²) in [7, 11) is 0. The molecule has 0 radical (unpaired) electrons. The third-order valence-corrected chi connectivity index (χ3v) is 2.71. The molecule has 0 bridgehead atoms. The fourth-order valence-corrected chi connectivity index (χ4v) is 1.84. The van der Waals surface area contributed by atoms with Crippen molar-refractivity contribution in [2.75, 3.05) is 0 Å². The second-order valence-electron chi connectivity index (χ2n) is 3.39. The first-order chi connectivity index (χ1) is 7.15. The van der Waals surface area contributed by atoms with Gasteiger partial charge in [-0.05, 0) is 30.7 Å².